The van der Waals surface area contributed by atoms with Gasteiger partial charge in [-0.25, -0.2) is 4.68 Å². The molecule has 1 aromatic carbocycles. The van der Waals surface area contributed by atoms with Crippen molar-refractivity contribution in [1.82, 2.24) is 25.5 Å². The second-order valence-electron chi connectivity index (χ2n) is 5.89. The number of nitrogens with zero attached hydrogens (tertiary/aromatic N) is 4. The maximum absolute atomic E-state index is 12.0. The highest BCUT2D eigenvalue weighted by atomic mass is 16.5. The van der Waals surface area contributed by atoms with Gasteiger partial charge in [0.2, 0.25) is 5.91 Å². The summed E-state index contributed by atoms with van der Waals surface area (Å²) in [5.41, 5.74) is 0.884. The molecule has 7 heteroatoms. The molecule has 1 aromatic heterocycles. The lowest BCUT2D eigenvalue weighted by Crippen LogP contribution is -2.25. The van der Waals surface area contributed by atoms with E-state index >= 15 is 0 Å². The van der Waals surface area contributed by atoms with E-state index in [0.29, 0.717) is 19.6 Å². The summed E-state index contributed by atoms with van der Waals surface area (Å²) >= 11 is 0. The molecule has 0 saturated heterocycles. The van der Waals surface area contributed by atoms with E-state index in [-0.39, 0.29) is 11.9 Å². The Hall–Kier alpha value is -2.70. The zero-order chi connectivity index (χ0) is 18.1. The van der Waals surface area contributed by atoms with Gasteiger partial charge in [-0.3, -0.25) is 4.79 Å². The first-order valence-corrected chi connectivity index (χ1v) is 8.56. The molecule has 134 valence electrons. The lowest BCUT2D eigenvalue weighted by atomic mass is 10.2. The molecular formula is C18H25N5O2. The molecule has 1 N–H and O–H groups in total. The highest BCUT2D eigenvalue weighted by Crippen LogP contribution is 2.19. The van der Waals surface area contributed by atoms with Gasteiger partial charge in [-0.15, -0.1) is 5.10 Å². The van der Waals surface area contributed by atoms with Crippen LogP contribution in [0.1, 0.15) is 44.6 Å². The maximum atomic E-state index is 12.0. The van der Waals surface area contributed by atoms with Gasteiger partial charge in [0, 0.05) is 24.6 Å². The van der Waals surface area contributed by atoms with Crippen LogP contribution in [-0.4, -0.2) is 39.3 Å². The number of para-hydroxylation sites is 1. The molecule has 0 unspecified atom stereocenters. The Kier molecular flexibility index (Phi) is 7.13. The first-order chi connectivity index (χ1) is 12.1. The third-order valence-electron chi connectivity index (χ3n) is 3.49. The summed E-state index contributed by atoms with van der Waals surface area (Å²) in [5.74, 6) is 1.39. The van der Waals surface area contributed by atoms with Crippen molar-refractivity contribution in [3.8, 4) is 5.75 Å². The molecular weight excluding hydrogens is 318 g/mol. The van der Waals surface area contributed by atoms with E-state index in [4.69, 9.17) is 4.74 Å². The van der Waals surface area contributed by atoms with E-state index in [9.17, 15) is 4.79 Å². The molecule has 25 heavy (non-hydrogen) atoms. The molecule has 0 aliphatic heterocycles. The van der Waals surface area contributed by atoms with Gasteiger partial charge in [0.05, 0.1) is 12.6 Å². The molecule has 0 spiro atoms. The topological polar surface area (TPSA) is 81.9 Å². The molecule has 0 fully saturated rings. The molecule has 2 rings (SSSR count). The summed E-state index contributed by atoms with van der Waals surface area (Å²) in [6, 6.07) is 7.86. The summed E-state index contributed by atoms with van der Waals surface area (Å²) in [5, 5.41) is 14.4. The number of hydrogen-bond acceptors (Lipinski definition) is 5. The molecule has 2 aromatic rings. The van der Waals surface area contributed by atoms with Gasteiger partial charge < -0.3 is 10.1 Å². The number of carbonyl (C=O) groups excluding carboxylic acids is 1. The third kappa shape index (κ3) is 5.70. The van der Waals surface area contributed by atoms with Crippen LogP contribution in [-0.2, 0) is 11.2 Å². The van der Waals surface area contributed by atoms with Crippen LogP contribution in [0.3, 0.4) is 0 Å². The minimum atomic E-state index is -0.158. The first kappa shape index (κ1) is 18.6. The zero-order valence-corrected chi connectivity index (χ0v) is 15.0. The van der Waals surface area contributed by atoms with Crippen LogP contribution in [0, 0.1) is 0 Å². The van der Waals surface area contributed by atoms with Crippen LogP contribution >= 0.6 is 0 Å². The predicted octanol–water partition coefficient (Wildman–Crippen LogP) is 2.41. The minimum absolute atomic E-state index is 0.158. The van der Waals surface area contributed by atoms with Crippen LogP contribution in [0.25, 0.3) is 6.08 Å². The van der Waals surface area contributed by atoms with Crippen molar-refractivity contribution in [2.45, 2.75) is 39.7 Å². The number of rotatable bonds is 9. The third-order valence-corrected chi connectivity index (χ3v) is 3.49. The van der Waals surface area contributed by atoms with Crippen molar-refractivity contribution in [3.63, 3.8) is 0 Å². The molecule has 1 heterocycles. The Morgan fingerprint density at radius 2 is 2.16 bits per heavy atom. The molecule has 0 aliphatic carbocycles. The molecule has 0 aliphatic rings. The van der Waals surface area contributed by atoms with Gasteiger partial charge in [0.25, 0.3) is 0 Å². The Morgan fingerprint density at radius 1 is 1.36 bits per heavy atom. The molecule has 0 radical (unpaired) electrons. The largest absolute Gasteiger partial charge is 0.493 e. The van der Waals surface area contributed by atoms with E-state index in [1.165, 1.54) is 6.08 Å². The minimum Gasteiger partial charge on any atom is -0.493 e. The fourth-order valence-electron chi connectivity index (χ4n) is 2.26. The Bertz CT molecular complexity index is 709. The van der Waals surface area contributed by atoms with Crippen molar-refractivity contribution in [2.75, 3.05) is 13.2 Å². The number of nitrogens with one attached hydrogen (secondary N) is 1. The second kappa shape index (κ2) is 9.56. The van der Waals surface area contributed by atoms with Gasteiger partial charge >= 0.3 is 0 Å². The second-order valence-corrected chi connectivity index (χ2v) is 5.89. The lowest BCUT2D eigenvalue weighted by molar-refractivity contribution is -0.116. The van der Waals surface area contributed by atoms with E-state index in [1.807, 2.05) is 38.1 Å². The average Bonchev–Trinajstić information content (AvgIpc) is 3.07. The van der Waals surface area contributed by atoms with Gasteiger partial charge in [-0.2, -0.15) is 0 Å². The quantitative estimate of drug-likeness (QED) is 0.707. The number of hydrogen-bond donors (Lipinski definition) is 1. The van der Waals surface area contributed by atoms with Crippen LogP contribution in [0.2, 0.25) is 0 Å². The van der Waals surface area contributed by atoms with Gasteiger partial charge in [-0.05, 0) is 42.8 Å². The number of amides is 1. The number of tetrazole rings is 1. The van der Waals surface area contributed by atoms with Crippen molar-refractivity contribution >= 4 is 12.0 Å². The Morgan fingerprint density at radius 3 is 2.92 bits per heavy atom. The van der Waals surface area contributed by atoms with E-state index < -0.39 is 0 Å². The summed E-state index contributed by atoms with van der Waals surface area (Å²) in [6.07, 6.45) is 4.80. The van der Waals surface area contributed by atoms with Gasteiger partial charge in [0.15, 0.2) is 5.82 Å². The highest BCUT2D eigenvalue weighted by molar-refractivity contribution is 5.92. The zero-order valence-electron chi connectivity index (χ0n) is 15.0. The SMILES string of the molecule is CCCOc1ccccc1/C=C/C(=O)NCCc1nnnn1C(C)C. The van der Waals surface area contributed by atoms with Crippen LogP contribution in [0.15, 0.2) is 30.3 Å². The van der Waals surface area contributed by atoms with Crippen molar-refractivity contribution in [2.24, 2.45) is 0 Å². The molecule has 0 atom stereocenters. The fourth-order valence-corrected chi connectivity index (χ4v) is 2.26. The Balaban J connectivity index is 1.86. The monoisotopic (exact) mass is 343 g/mol. The standard InChI is InChI=1S/C18H25N5O2/c1-4-13-25-16-8-6-5-7-15(16)9-10-18(24)19-12-11-17-20-21-22-23(17)14(2)3/h5-10,14H,4,11-13H2,1-3H3,(H,19,24)/b10-9+. The van der Waals surface area contributed by atoms with Crippen molar-refractivity contribution in [3.05, 3.63) is 41.7 Å². The maximum Gasteiger partial charge on any atom is 0.244 e. The summed E-state index contributed by atoms with van der Waals surface area (Å²) in [7, 11) is 0. The molecule has 0 saturated carbocycles. The van der Waals surface area contributed by atoms with Crippen LogP contribution in [0.4, 0.5) is 0 Å². The number of ether oxygens (including phenoxy) is 1. The number of aromatic nitrogens is 4. The van der Waals surface area contributed by atoms with Crippen LogP contribution in [0.5, 0.6) is 5.75 Å². The van der Waals surface area contributed by atoms with Gasteiger partial charge in [-0.1, -0.05) is 25.1 Å². The van der Waals surface area contributed by atoms with E-state index in [1.54, 1.807) is 10.8 Å². The first-order valence-electron chi connectivity index (χ1n) is 8.56. The molecule has 0 bridgehead atoms. The normalized spacial score (nSPS) is 11.2. The summed E-state index contributed by atoms with van der Waals surface area (Å²) < 4.78 is 7.43. The fraction of sp³-hybridized carbons (Fsp3) is 0.444. The summed E-state index contributed by atoms with van der Waals surface area (Å²) in [6.45, 7) is 7.21. The molecule has 1 amide bonds. The predicted molar refractivity (Wildman–Crippen MR) is 96.2 cm³/mol. The van der Waals surface area contributed by atoms with E-state index in [2.05, 4.69) is 27.8 Å². The Labute approximate surface area is 148 Å². The highest BCUT2D eigenvalue weighted by Gasteiger charge is 2.09. The smallest absolute Gasteiger partial charge is 0.244 e. The molecule has 7 nitrogen and oxygen atoms in total. The number of benzene rings is 1. The average molecular weight is 343 g/mol. The lowest BCUT2D eigenvalue weighted by Gasteiger charge is -2.08. The van der Waals surface area contributed by atoms with Crippen LogP contribution < -0.4 is 10.1 Å². The van der Waals surface area contributed by atoms with Gasteiger partial charge in [0.1, 0.15) is 5.75 Å². The van der Waals surface area contributed by atoms with Crippen molar-refractivity contribution < 1.29 is 9.53 Å². The summed E-state index contributed by atoms with van der Waals surface area (Å²) in [4.78, 5) is 12.0. The van der Waals surface area contributed by atoms with Crippen molar-refractivity contribution in [1.29, 1.82) is 0 Å². The van der Waals surface area contributed by atoms with E-state index in [0.717, 1.165) is 23.6 Å². The number of carbonyl (C=O) groups is 1.